The minimum atomic E-state index is -0.554. The van der Waals surface area contributed by atoms with Gasteiger partial charge in [-0.15, -0.1) is 0 Å². The molecule has 0 fully saturated rings. The molecule has 86 valence electrons. The van der Waals surface area contributed by atoms with E-state index < -0.39 is 11.0 Å². The number of hydrogen-bond acceptors (Lipinski definition) is 5. The zero-order chi connectivity index (χ0) is 12.1. The summed E-state index contributed by atoms with van der Waals surface area (Å²) in [5.74, 6) is 0.295. The summed E-state index contributed by atoms with van der Waals surface area (Å²) in [6.07, 6.45) is 0.536. The Labute approximate surface area is 91.8 Å². The fraction of sp³-hybridized carbons (Fsp3) is 0.333. The average Bonchev–Trinajstić information content (AvgIpc) is 2.28. The maximum atomic E-state index is 11.3. The Kier molecular flexibility index (Phi) is 3.76. The van der Waals surface area contributed by atoms with Crippen LogP contribution in [-0.4, -0.2) is 29.7 Å². The molecule has 0 aliphatic rings. The molecule has 0 N–H and O–H groups in total. The van der Waals surface area contributed by atoms with Gasteiger partial charge in [0.1, 0.15) is 12.0 Å². The highest BCUT2D eigenvalue weighted by Gasteiger charge is 2.14. The molecule has 1 rings (SSSR count). The zero-order valence-electron chi connectivity index (χ0n) is 8.91. The van der Waals surface area contributed by atoms with Crippen LogP contribution in [-0.2, 0) is 4.74 Å². The standard InChI is InChI=1S/C9H11N3O4/c1-3-16-9(13)11(2)8-5-4-7(6-10-8)12(14)15/h4-6H,3H2,1-2H3. The van der Waals surface area contributed by atoms with E-state index in [1.807, 2.05) is 0 Å². The number of hydrogen-bond donors (Lipinski definition) is 0. The van der Waals surface area contributed by atoms with Crippen LogP contribution in [0, 0.1) is 10.1 Å². The van der Waals surface area contributed by atoms with Crippen LogP contribution in [0.3, 0.4) is 0 Å². The van der Waals surface area contributed by atoms with Crippen molar-refractivity contribution >= 4 is 17.6 Å². The van der Waals surface area contributed by atoms with Crippen molar-refractivity contribution in [3.05, 3.63) is 28.4 Å². The highest BCUT2D eigenvalue weighted by molar-refractivity contribution is 5.85. The SMILES string of the molecule is CCOC(=O)N(C)c1ccc([N+](=O)[O-])cn1. The maximum absolute atomic E-state index is 11.3. The van der Waals surface area contributed by atoms with E-state index in [4.69, 9.17) is 4.74 Å². The third-order valence-electron chi connectivity index (χ3n) is 1.83. The first kappa shape index (κ1) is 11.9. The highest BCUT2D eigenvalue weighted by atomic mass is 16.6. The van der Waals surface area contributed by atoms with Gasteiger partial charge in [0.05, 0.1) is 11.5 Å². The molecule has 0 aliphatic heterocycles. The van der Waals surface area contributed by atoms with Crippen molar-refractivity contribution in [1.82, 2.24) is 4.98 Å². The molecule has 0 spiro atoms. The Bertz CT molecular complexity index is 390. The van der Waals surface area contributed by atoms with Crippen LogP contribution in [0.2, 0.25) is 0 Å². The van der Waals surface area contributed by atoms with E-state index in [-0.39, 0.29) is 12.3 Å². The molecule has 1 amide bonds. The number of anilines is 1. The molecule has 1 aromatic heterocycles. The van der Waals surface area contributed by atoms with E-state index in [0.717, 1.165) is 6.20 Å². The van der Waals surface area contributed by atoms with Gasteiger partial charge in [0.2, 0.25) is 0 Å². The van der Waals surface area contributed by atoms with Gasteiger partial charge in [-0.1, -0.05) is 0 Å². The van der Waals surface area contributed by atoms with Crippen molar-refractivity contribution in [3.63, 3.8) is 0 Å². The Hall–Kier alpha value is -2.18. The Balaban J connectivity index is 2.81. The summed E-state index contributed by atoms with van der Waals surface area (Å²) >= 11 is 0. The quantitative estimate of drug-likeness (QED) is 0.575. The predicted octanol–water partition coefficient (Wildman–Crippen LogP) is 1.58. The van der Waals surface area contributed by atoms with Gasteiger partial charge in [-0.05, 0) is 13.0 Å². The number of rotatable bonds is 3. The smallest absolute Gasteiger partial charge is 0.415 e. The van der Waals surface area contributed by atoms with Gasteiger partial charge in [0.15, 0.2) is 0 Å². The Morgan fingerprint density at radius 1 is 1.62 bits per heavy atom. The second kappa shape index (κ2) is 5.06. The third kappa shape index (κ3) is 2.66. The van der Waals surface area contributed by atoms with Crippen molar-refractivity contribution in [2.24, 2.45) is 0 Å². The van der Waals surface area contributed by atoms with Crippen LogP contribution in [0.25, 0.3) is 0 Å². The summed E-state index contributed by atoms with van der Waals surface area (Å²) in [7, 11) is 1.48. The summed E-state index contributed by atoms with van der Waals surface area (Å²) < 4.78 is 4.75. The van der Waals surface area contributed by atoms with Crippen LogP contribution in [0.15, 0.2) is 18.3 Å². The molecule has 0 saturated heterocycles. The normalized spacial score (nSPS) is 9.62. The summed E-state index contributed by atoms with van der Waals surface area (Å²) in [4.78, 5) is 26.1. The number of ether oxygens (including phenoxy) is 1. The monoisotopic (exact) mass is 225 g/mol. The lowest BCUT2D eigenvalue weighted by molar-refractivity contribution is -0.385. The largest absolute Gasteiger partial charge is 0.449 e. The lowest BCUT2D eigenvalue weighted by Crippen LogP contribution is -2.27. The molecule has 1 aromatic rings. The van der Waals surface area contributed by atoms with Gasteiger partial charge in [0, 0.05) is 13.1 Å². The van der Waals surface area contributed by atoms with E-state index in [9.17, 15) is 14.9 Å². The van der Waals surface area contributed by atoms with E-state index in [0.29, 0.717) is 5.82 Å². The first-order valence-corrected chi connectivity index (χ1v) is 4.57. The molecule has 7 heteroatoms. The molecular weight excluding hydrogens is 214 g/mol. The summed E-state index contributed by atoms with van der Waals surface area (Å²) in [5, 5.41) is 10.4. The molecule has 0 atom stereocenters. The second-order valence-corrected chi connectivity index (χ2v) is 2.89. The maximum Gasteiger partial charge on any atom is 0.415 e. The van der Waals surface area contributed by atoms with E-state index >= 15 is 0 Å². The molecule has 0 radical (unpaired) electrons. The molecule has 0 aromatic carbocycles. The van der Waals surface area contributed by atoms with E-state index in [1.165, 1.54) is 24.1 Å². The second-order valence-electron chi connectivity index (χ2n) is 2.89. The Morgan fingerprint density at radius 3 is 2.75 bits per heavy atom. The molecule has 0 bridgehead atoms. The van der Waals surface area contributed by atoms with Gasteiger partial charge in [-0.3, -0.25) is 15.0 Å². The number of nitro groups is 1. The van der Waals surface area contributed by atoms with Gasteiger partial charge in [0.25, 0.3) is 5.69 Å². The van der Waals surface area contributed by atoms with E-state index in [2.05, 4.69) is 4.98 Å². The molecule has 16 heavy (non-hydrogen) atoms. The van der Waals surface area contributed by atoms with Crippen LogP contribution in [0.4, 0.5) is 16.3 Å². The number of amides is 1. The number of carbonyl (C=O) groups excluding carboxylic acids is 1. The van der Waals surface area contributed by atoms with Crippen molar-refractivity contribution in [2.75, 3.05) is 18.6 Å². The minimum absolute atomic E-state index is 0.124. The third-order valence-corrected chi connectivity index (χ3v) is 1.83. The number of aromatic nitrogens is 1. The molecule has 1 heterocycles. The zero-order valence-corrected chi connectivity index (χ0v) is 8.91. The highest BCUT2D eigenvalue weighted by Crippen LogP contribution is 2.15. The summed E-state index contributed by atoms with van der Waals surface area (Å²) in [6, 6.07) is 2.66. The fourth-order valence-electron chi connectivity index (χ4n) is 0.998. The van der Waals surface area contributed by atoms with Gasteiger partial charge < -0.3 is 4.74 Å². The molecular formula is C9H11N3O4. The predicted molar refractivity (Wildman–Crippen MR) is 56.3 cm³/mol. The molecule has 0 aliphatic carbocycles. The first-order chi connectivity index (χ1) is 7.56. The van der Waals surface area contributed by atoms with Gasteiger partial charge in [-0.2, -0.15) is 0 Å². The first-order valence-electron chi connectivity index (χ1n) is 4.57. The van der Waals surface area contributed by atoms with Crippen molar-refractivity contribution in [2.45, 2.75) is 6.92 Å². The number of carbonyl (C=O) groups is 1. The van der Waals surface area contributed by atoms with Crippen LogP contribution in [0.5, 0.6) is 0 Å². The molecule has 0 unspecified atom stereocenters. The minimum Gasteiger partial charge on any atom is -0.449 e. The average molecular weight is 225 g/mol. The summed E-state index contributed by atoms with van der Waals surface area (Å²) in [5.41, 5.74) is -0.124. The van der Waals surface area contributed by atoms with Crippen LogP contribution >= 0.6 is 0 Å². The lowest BCUT2D eigenvalue weighted by Gasteiger charge is -2.14. The fourth-order valence-corrected chi connectivity index (χ4v) is 0.998. The molecule has 0 saturated carbocycles. The van der Waals surface area contributed by atoms with Crippen molar-refractivity contribution < 1.29 is 14.5 Å². The van der Waals surface area contributed by atoms with Crippen LogP contribution in [0.1, 0.15) is 6.92 Å². The van der Waals surface area contributed by atoms with Gasteiger partial charge >= 0.3 is 6.09 Å². The number of nitrogens with zero attached hydrogens (tertiary/aromatic N) is 3. The number of pyridine rings is 1. The van der Waals surface area contributed by atoms with Crippen molar-refractivity contribution in [1.29, 1.82) is 0 Å². The lowest BCUT2D eigenvalue weighted by atomic mass is 10.4. The summed E-state index contributed by atoms with van der Waals surface area (Å²) in [6.45, 7) is 1.95. The van der Waals surface area contributed by atoms with Gasteiger partial charge in [-0.25, -0.2) is 9.78 Å². The van der Waals surface area contributed by atoms with E-state index in [1.54, 1.807) is 6.92 Å². The van der Waals surface area contributed by atoms with Crippen molar-refractivity contribution in [3.8, 4) is 0 Å². The molecule has 7 nitrogen and oxygen atoms in total. The van der Waals surface area contributed by atoms with Crippen LogP contribution < -0.4 is 4.90 Å². The topological polar surface area (TPSA) is 85.6 Å². The Morgan fingerprint density at radius 2 is 2.31 bits per heavy atom.